The van der Waals surface area contributed by atoms with Crippen LogP contribution in [0.2, 0.25) is 0 Å². The maximum absolute atomic E-state index is 9.04. The summed E-state index contributed by atoms with van der Waals surface area (Å²) in [5.41, 5.74) is 15.5. The van der Waals surface area contributed by atoms with Gasteiger partial charge in [0.05, 0.1) is 23.8 Å². The van der Waals surface area contributed by atoms with Gasteiger partial charge in [0.15, 0.2) is 0 Å². The fraction of sp³-hybridized carbons (Fsp3) is 0.0566. The minimum atomic E-state index is 0.0841. The summed E-state index contributed by atoms with van der Waals surface area (Å²) >= 11 is 0. The monoisotopic (exact) mass is 736 g/mol. The van der Waals surface area contributed by atoms with Crippen LogP contribution in [0.15, 0.2) is 212 Å². The fourth-order valence-corrected chi connectivity index (χ4v) is 7.56. The summed E-state index contributed by atoms with van der Waals surface area (Å²) in [6, 6.07) is 52.9. The molecule has 8 rings (SSSR count). The van der Waals surface area contributed by atoms with E-state index in [0.29, 0.717) is 5.71 Å². The van der Waals surface area contributed by atoms with Gasteiger partial charge in [-0.1, -0.05) is 134 Å². The lowest BCUT2D eigenvalue weighted by molar-refractivity contribution is 0.863. The number of aliphatic imine (C=N–C) groups is 1. The summed E-state index contributed by atoms with van der Waals surface area (Å²) in [7, 11) is 0. The zero-order chi connectivity index (χ0) is 39.1. The van der Waals surface area contributed by atoms with Crippen LogP contribution >= 0.6 is 0 Å². The van der Waals surface area contributed by atoms with E-state index in [1.54, 1.807) is 18.6 Å². The molecule has 0 saturated carbocycles. The molecule has 6 aromatic carbocycles. The fourth-order valence-electron chi connectivity index (χ4n) is 7.56. The van der Waals surface area contributed by atoms with Gasteiger partial charge in [0.25, 0.3) is 0 Å². The van der Waals surface area contributed by atoms with Gasteiger partial charge in [0.1, 0.15) is 0 Å². The van der Waals surface area contributed by atoms with Crippen molar-refractivity contribution in [1.29, 1.82) is 5.41 Å². The van der Waals surface area contributed by atoms with E-state index in [4.69, 9.17) is 5.41 Å². The van der Waals surface area contributed by atoms with Gasteiger partial charge >= 0.3 is 0 Å². The number of nitrogens with zero attached hydrogens (tertiary/aromatic N) is 3. The SMILES string of the molecule is C=C1/C=C\C=C/N(C=N/C=C\C(=N)c2cc(-c3ccccc3)cc(-c3ccccc3)c2)c2ccc(C3=CC(C)N(c4ccccc4)c4ccccc4C(C)=C3)cc21. The third-order valence-electron chi connectivity index (χ3n) is 10.4. The highest BCUT2D eigenvalue weighted by Gasteiger charge is 2.22. The van der Waals surface area contributed by atoms with Crippen molar-refractivity contribution >= 4 is 45.8 Å². The molecule has 0 fully saturated rings. The maximum Gasteiger partial charge on any atom is 0.0990 e. The Balaban J connectivity index is 1.09. The van der Waals surface area contributed by atoms with Crippen molar-refractivity contribution in [2.75, 3.05) is 9.80 Å². The van der Waals surface area contributed by atoms with E-state index in [-0.39, 0.29) is 6.04 Å². The normalized spacial score (nSPS) is 16.5. The number of hydrogen-bond donors (Lipinski definition) is 1. The molecule has 1 atom stereocenters. The van der Waals surface area contributed by atoms with Crippen LogP contribution in [0.3, 0.4) is 0 Å². The smallest absolute Gasteiger partial charge is 0.0990 e. The molecule has 0 saturated heterocycles. The summed E-state index contributed by atoms with van der Waals surface area (Å²) in [6.07, 6.45) is 17.9. The molecule has 57 heavy (non-hydrogen) atoms. The second-order valence-corrected chi connectivity index (χ2v) is 14.3. The molecule has 0 aromatic heterocycles. The third-order valence-corrected chi connectivity index (χ3v) is 10.4. The first-order valence-electron chi connectivity index (χ1n) is 19.3. The van der Waals surface area contributed by atoms with Gasteiger partial charge in [0.2, 0.25) is 0 Å². The molecule has 0 amide bonds. The van der Waals surface area contributed by atoms with E-state index in [0.717, 1.165) is 61.5 Å². The van der Waals surface area contributed by atoms with Gasteiger partial charge in [-0.05, 0) is 119 Å². The van der Waals surface area contributed by atoms with Gasteiger partial charge in [-0.2, -0.15) is 0 Å². The molecule has 0 spiro atoms. The standard InChI is InChI=1S/C53H44N4/c1-38-17-15-16-30-56(37-55-29-28-51(54)47-34-45(41-18-7-4-8-19-41)33-46(35-47)42-20-9-5-10-21-42)52-27-26-43(36-50(38)52)44-31-39(2)49-24-13-14-25-53(49)57(40(3)32-44)48-22-11-6-12-23-48/h4-37,40,54H,1H2,2-3H3/b17-15-,29-28-,30-16-,39-31?,44-32?,54-51?,55-37?. The Morgan fingerprint density at radius 3 is 2.02 bits per heavy atom. The lowest BCUT2D eigenvalue weighted by Gasteiger charge is -2.33. The number of allylic oxidation sites excluding steroid dienone is 8. The van der Waals surface area contributed by atoms with Gasteiger partial charge < -0.3 is 15.2 Å². The van der Waals surface area contributed by atoms with Crippen LogP contribution in [-0.2, 0) is 0 Å². The minimum Gasteiger partial charge on any atom is -0.334 e. The van der Waals surface area contributed by atoms with Crippen molar-refractivity contribution in [3.8, 4) is 22.3 Å². The van der Waals surface area contributed by atoms with Gasteiger partial charge in [-0.15, -0.1) is 0 Å². The Labute approximate surface area is 336 Å². The first kappa shape index (κ1) is 36.7. The van der Waals surface area contributed by atoms with Crippen LogP contribution in [0.25, 0.3) is 39.0 Å². The van der Waals surface area contributed by atoms with Crippen LogP contribution < -0.4 is 9.80 Å². The van der Waals surface area contributed by atoms with Gasteiger partial charge in [-0.3, -0.25) is 0 Å². The molecule has 6 aromatic rings. The van der Waals surface area contributed by atoms with Gasteiger partial charge in [-0.25, -0.2) is 4.99 Å². The van der Waals surface area contributed by atoms with Crippen LogP contribution in [-0.4, -0.2) is 18.1 Å². The predicted octanol–water partition coefficient (Wildman–Crippen LogP) is 13.6. The number of hydrogen-bond acceptors (Lipinski definition) is 3. The Morgan fingerprint density at radius 1 is 0.667 bits per heavy atom. The topological polar surface area (TPSA) is 42.7 Å². The third kappa shape index (κ3) is 8.07. The zero-order valence-electron chi connectivity index (χ0n) is 32.3. The molecule has 1 unspecified atom stereocenters. The Kier molecular flexibility index (Phi) is 10.7. The highest BCUT2D eigenvalue weighted by molar-refractivity contribution is 6.08. The summed E-state index contributed by atoms with van der Waals surface area (Å²) in [5, 5.41) is 9.04. The van der Waals surface area contributed by atoms with E-state index >= 15 is 0 Å². The number of benzene rings is 6. The summed E-state index contributed by atoms with van der Waals surface area (Å²) in [5.74, 6) is 0. The molecule has 0 bridgehead atoms. The van der Waals surface area contributed by atoms with E-state index in [9.17, 15) is 0 Å². The highest BCUT2D eigenvalue weighted by Crippen LogP contribution is 2.40. The van der Waals surface area contributed by atoms with Crippen molar-refractivity contribution in [2.24, 2.45) is 4.99 Å². The molecular weight excluding hydrogens is 693 g/mol. The molecule has 0 aliphatic carbocycles. The number of rotatable bonds is 8. The van der Waals surface area contributed by atoms with Crippen molar-refractivity contribution in [2.45, 2.75) is 19.9 Å². The average Bonchev–Trinajstić information content (AvgIpc) is 3.25. The summed E-state index contributed by atoms with van der Waals surface area (Å²) < 4.78 is 0. The molecule has 2 heterocycles. The number of para-hydroxylation sites is 2. The molecule has 2 aliphatic heterocycles. The summed E-state index contributed by atoms with van der Waals surface area (Å²) in [4.78, 5) is 9.10. The largest absolute Gasteiger partial charge is 0.334 e. The number of fused-ring (bicyclic) bond motifs is 2. The molecule has 4 nitrogen and oxygen atoms in total. The second-order valence-electron chi connectivity index (χ2n) is 14.3. The lowest BCUT2D eigenvalue weighted by Crippen LogP contribution is -2.28. The van der Waals surface area contributed by atoms with Crippen molar-refractivity contribution in [3.05, 3.63) is 229 Å². The molecular formula is C53H44N4. The Hall–Kier alpha value is -7.30. The Morgan fingerprint density at radius 2 is 1.32 bits per heavy atom. The van der Waals surface area contributed by atoms with Crippen molar-refractivity contribution in [1.82, 2.24) is 0 Å². The maximum atomic E-state index is 9.04. The van der Waals surface area contributed by atoms with E-state index in [2.05, 4.69) is 158 Å². The van der Waals surface area contributed by atoms with Crippen molar-refractivity contribution in [3.63, 3.8) is 0 Å². The molecule has 276 valence electrons. The van der Waals surface area contributed by atoms with E-state index < -0.39 is 0 Å². The predicted molar refractivity (Wildman–Crippen MR) is 244 cm³/mol. The van der Waals surface area contributed by atoms with Crippen molar-refractivity contribution < 1.29 is 0 Å². The first-order valence-corrected chi connectivity index (χ1v) is 19.3. The first-order chi connectivity index (χ1) is 27.9. The minimum absolute atomic E-state index is 0.0841. The summed E-state index contributed by atoms with van der Waals surface area (Å²) in [6.45, 7) is 8.91. The van der Waals surface area contributed by atoms with Crippen LogP contribution in [0, 0.1) is 5.41 Å². The molecule has 1 N–H and O–H groups in total. The molecule has 4 heteroatoms. The molecule has 2 aliphatic rings. The Bertz CT molecular complexity index is 2570. The van der Waals surface area contributed by atoms with E-state index in [1.807, 2.05) is 65.7 Å². The number of anilines is 3. The van der Waals surface area contributed by atoms with Crippen LogP contribution in [0.5, 0.6) is 0 Å². The quantitative estimate of drug-likeness (QED) is 0.125. The second kappa shape index (κ2) is 16.6. The zero-order valence-corrected chi connectivity index (χ0v) is 32.3. The highest BCUT2D eigenvalue weighted by atomic mass is 15.2. The van der Waals surface area contributed by atoms with Crippen LogP contribution in [0.4, 0.5) is 17.1 Å². The van der Waals surface area contributed by atoms with E-state index in [1.165, 1.54) is 16.8 Å². The van der Waals surface area contributed by atoms with Crippen LogP contribution in [0.1, 0.15) is 36.1 Å². The average molecular weight is 737 g/mol. The number of nitrogens with one attached hydrogen (secondary N) is 1. The van der Waals surface area contributed by atoms with Gasteiger partial charge in [0, 0.05) is 40.5 Å². The molecule has 0 radical (unpaired) electrons. The lowest BCUT2D eigenvalue weighted by atomic mass is 9.91.